The van der Waals surface area contributed by atoms with Crippen molar-refractivity contribution in [3.8, 4) is 23.3 Å². The summed E-state index contributed by atoms with van der Waals surface area (Å²) in [6, 6.07) is 10.7. The summed E-state index contributed by atoms with van der Waals surface area (Å²) in [5.41, 5.74) is 0.171. The molecule has 2 aromatic rings. The van der Waals surface area contributed by atoms with Gasteiger partial charge in [0.15, 0.2) is 23.9 Å². The molecule has 2 aromatic carbocycles. The van der Waals surface area contributed by atoms with Crippen LogP contribution in [0.15, 0.2) is 36.4 Å². The van der Waals surface area contributed by atoms with Crippen LogP contribution in [-0.2, 0) is 4.79 Å². The third-order valence-electron chi connectivity index (χ3n) is 3.50. The summed E-state index contributed by atoms with van der Waals surface area (Å²) in [4.78, 5) is 22.6. The van der Waals surface area contributed by atoms with Crippen LogP contribution in [0.5, 0.6) is 17.2 Å². The average Bonchev–Trinajstić information content (AvgIpc) is 2.68. The Kier molecular flexibility index (Phi) is 7.16. The number of carbonyl (C=O) groups excluding carboxylic acids is 1. The molecular weight excluding hydrogens is 366 g/mol. The van der Waals surface area contributed by atoms with Crippen LogP contribution < -0.4 is 19.5 Å². The van der Waals surface area contributed by atoms with Gasteiger partial charge in [-0.25, -0.2) is 0 Å². The largest absolute Gasteiger partial charge is 0.490 e. The zero-order chi connectivity index (χ0) is 20.5. The predicted molar refractivity (Wildman–Crippen MR) is 101 cm³/mol. The molecule has 0 bridgehead atoms. The maximum absolute atomic E-state index is 12.2. The van der Waals surface area contributed by atoms with Gasteiger partial charge in [-0.1, -0.05) is 12.1 Å². The van der Waals surface area contributed by atoms with Gasteiger partial charge in [0.05, 0.1) is 29.4 Å². The smallest absolute Gasteiger partial charge is 0.310 e. The third-order valence-corrected chi connectivity index (χ3v) is 3.50. The lowest BCUT2D eigenvalue weighted by molar-refractivity contribution is -0.385. The Hall–Kier alpha value is -3.80. The molecule has 0 aliphatic carbocycles. The van der Waals surface area contributed by atoms with E-state index in [1.54, 1.807) is 19.9 Å². The summed E-state index contributed by atoms with van der Waals surface area (Å²) >= 11 is 0. The van der Waals surface area contributed by atoms with Crippen molar-refractivity contribution in [1.82, 2.24) is 0 Å². The molecule has 2 rings (SSSR count). The summed E-state index contributed by atoms with van der Waals surface area (Å²) in [6.07, 6.45) is 0. The first-order valence-corrected chi connectivity index (χ1v) is 8.49. The van der Waals surface area contributed by atoms with Crippen molar-refractivity contribution < 1.29 is 23.9 Å². The first kappa shape index (κ1) is 20.5. The fourth-order valence-electron chi connectivity index (χ4n) is 2.35. The number of carbonyl (C=O) groups is 1. The van der Waals surface area contributed by atoms with Crippen LogP contribution in [0.1, 0.15) is 19.4 Å². The Bertz CT molecular complexity index is 907. The SMILES string of the molecule is CCOc1cc(C#N)c(NC(=O)COc2ccccc2[N+](=O)[O-])cc1OCC. The zero-order valence-corrected chi connectivity index (χ0v) is 15.4. The average molecular weight is 385 g/mol. The number of benzene rings is 2. The van der Waals surface area contributed by atoms with Crippen LogP contribution in [0.3, 0.4) is 0 Å². The van der Waals surface area contributed by atoms with E-state index < -0.39 is 17.4 Å². The molecule has 0 heterocycles. The van der Waals surface area contributed by atoms with Crippen LogP contribution in [0.4, 0.5) is 11.4 Å². The van der Waals surface area contributed by atoms with Gasteiger partial charge in [0, 0.05) is 18.2 Å². The molecule has 0 saturated carbocycles. The van der Waals surface area contributed by atoms with Crippen molar-refractivity contribution in [3.05, 3.63) is 52.1 Å². The highest BCUT2D eigenvalue weighted by molar-refractivity contribution is 5.93. The number of hydrogen-bond donors (Lipinski definition) is 1. The fraction of sp³-hybridized carbons (Fsp3) is 0.263. The molecule has 28 heavy (non-hydrogen) atoms. The van der Waals surface area contributed by atoms with Crippen LogP contribution in [0, 0.1) is 21.4 Å². The number of nitro groups is 1. The monoisotopic (exact) mass is 385 g/mol. The van der Waals surface area contributed by atoms with Crippen LogP contribution in [0.25, 0.3) is 0 Å². The number of nitro benzene ring substituents is 1. The number of anilines is 1. The van der Waals surface area contributed by atoms with Gasteiger partial charge in [0.1, 0.15) is 6.07 Å². The standard InChI is InChI=1S/C19H19N3O6/c1-3-26-17-9-13(11-20)14(10-18(17)27-4-2)21-19(23)12-28-16-8-6-5-7-15(16)22(24)25/h5-10H,3-4,12H2,1-2H3,(H,21,23). The van der Waals surface area contributed by atoms with Gasteiger partial charge in [-0.15, -0.1) is 0 Å². The normalized spacial score (nSPS) is 9.89. The lowest BCUT2D eigenvalue weighted by atomic mass is 10.1. The molecule has 146 valence electrons. The number of rotatable bonds is 9. The lowest BCUT2D eigenvalue weighted by Gasteiger charge is -2.14. The zero-order valence-electron chi connectivity index (χ0n) is 15.4. The van der Waals surface area contributed by atoms with Crippen molar-refractivity contribution >= 4 is 17.3 Å². The second-order valence-electron chi connectivity index (χ2n) is 5.38. The summed E-state index contributed by atoms with van der Waals surface area (Å²) in [7, 11) is 0. The van der Waals surface area contributed by atoms with E-state index in [2.05, 4.69) is 5.32 Å². The Morgan fingerprint density at radius 2 is 1.75 bits per heavy atom. The number of nitriles is 1. The van der Waals surface area contributed by atoms with E-state index in [1.165, 1.54) is 30.3 Å². The highest BCUT2D eigenvalue weighted by Gasteiger charge is 2.17. The molecule has 1 amide bonds. The van der Waals surface area contributed by atoms with Gasteiger partial charge in [0.25, 0.3) is 5.91 Å². The molecular formula is C19H19N3O6. The molecule has 0 unspecified atom stereocenters. The minimum absolute atomic E-state index is 0.0233. The maximum atomic E-state index is 12.2. The Morgan fingerprint density at radius 1 is 1.11 bits per heavy atom. The number of nitrogens with zero attached hydrogens (tertiary/aromatic N) is 2. The van der Waals surface area contributed by atoms with Crippen molar-refractivity contribution in [1.29, 1.82) is 5.26 Å². The molecule has 0 radical (unpaired) electrons. The van der Waals surface area contributed by atoms with E-state index in [9.17, 15) is 20.2 Å². The topological polar surface area (TPSA) is 124 Å². The number of hydrogen-bond acceptors (Lipinski definition) is 7. The van der Waals surface area contributed by atoms with Crippen molar-refractivity contribution in [2.75, 3.05) is 25.1 Å². The van der Waals surface area contributed by atoms with E-state index in [-0.39, 0.29) is 22.7 Å². The molecule has 0 aliphatic heterocycles. The second-order valence-corrected chi connectivity index (χ2v) is 5.38. The molecule has 0 fully saturated rings. The fourth-order valence-corrected chi connectivity index (χ4v) is 2.35. The van der Waals surface area contributed by atoms with E-state index in [0.717, 1.165) is 0 Å². The molecule has 0 atom stereocenters. The minimum atomic E-state index is -0.595. The summed E-state index contributed by atoms with van der Waals surface area (Å²) < 4.78 is 16.2. The minimum Gasteiger partial charge on any atom is -0.490 e. The molecule has 9 nitrogen and oxygen atoms in total. The molecule has 1 N–H and O–H groups in total. The van der Waals surface area contributed by atoms with E-state index in [0.29, 0.717) is 24.7 Å². The first-order chi connectivity index (χ1) is 13.5. The van der Waals surface area contributed by atoms with Crippen LogP contribution >= 0.6 is 0 Å². The summed E-state index contributed by atoms with van der Waals surface area (Å²) in [5.74, 6) is 0.180. The third kappa shape index (κ3) is 5.11. The Labute approximate surface area is 161 Å². The van der Waals surface area contributed by atoms with Gasteiger partial charge in [-0.3, -0.25) is 14.9 Å². The van der Waals surface area contributed by atoms with E-state index >= 15 is 0 Å². The highest BCUT2D eigenvalue weighted by Crippen LogP contribution is 2.34. The van der Waals surface area contributed by atoms with Gasteiger partial charge in [-0.05, 0) is 19.9 Å². The van der Waals surface area contributed by atoms with E-state index in [1.807, 2.05) is 6.07 Å². The molecule has 0 saturated heterocycles. The quantitative estimate of drug-likeness (QED) is 0.519. The van der Waals surface area contributed by atoms with Gasteiger partial charge < -0.3 is 19.5 Å². The van der Waals surface area contributed by atoms with Gasteiger partial charge in [0.2, 0.25) is 0 Å². The predicted octanol–water partition coefficient (Wildman–Crippen LogP) is 3.28. The molecule has 0 aliphatic rings. The van der Waals surface area contributed by atoms with Gasteiger partial charge >= 0.3 is 5.69 Å². The van der Waals surface area contributed by atoms with Gasteiger partial charge in [-0.2, -0.15) is 5.26 Å². The Morgan fingerprint density at radius 3 is 2.36 bits per heavy atom. The molecule has 0 spiro atoms. The van der Waals surface area contributed by atoms with E-state index in [4.69, 9.17) is 14.2 Å². The number of ether oxygens (including phenoxy) is 3. The number of nitrogens with one attached hydrogen (secondary N) is 1. The van der Waals surface area contributed by atoms with Crippen molar-refractivity contribution in [3.63, 3.8) is 0 Å². The molecule has 0 aromatic heterocycles. The van der Waals surface area contributed by atoms with Crippen LogP contribution in [0.2, 0.25) is 0 Å². The summed E-state index contributed by atoms with van der Waals surface area (Å²) in [6.45, 7) is 3.90. The van der Waals surface area contributed by atoms with Crippen molar-refractivity contribution in [2.24, 2.45) is 0 Å². The maximum Gasteiger partial charge on any atom is 0.310 e. The highest BCUT2D eigenvalue weighted by atomic mass is 16.6. The number of amides is 1. The number of para-hydroxylation sites is 2. The lowest BCUT2D eigenvalue weighted by Crippen LogP contribution is -2.21. The summed E-state index contributed by atoms with van der Waals surface area (Å²) in [5, 5.41) is 22.9. The first-order valence-electron chi connectivity index (χ1n) is 8.49. The van der Waals surface area contributed by atoms with Crippen LogP contribution in [-0.4, -0.2) is 30.7 Å². The Balaban J connectivity index is 2.16. The second kappa shape index (κ2) is 9.78. The van der Waals surface area contributed by atoms with Crippen molar-refractivity contribution in [2.45, 2.75) is 13.8 Å². The molecule has 9 heteroatoms.